The zero-order valence-corrected chi connectivity index (χ0v) is 25.5. The Morgan fingerprint density at radius 1 is 1.17 bits per heavy atom. The van der Waals surface area contributed by atoms with Gasteiger partial charge in [-0.05, 0) is 66.1 Å². The lowest BCUT2D eigenvalue weighted by Gasteiger charge is -2.41. The fraction of sp³-hybridized carbons (Fsp3) is 0.452. The average molecular weight is 677 g/mol. The molecule has 0 aliphatic heterocycles. The number of halogens is 1. The number of aldehydes is 1. The van der Waals surface area contributed by atoms with Crippen LogP contribution >= 0.6 is 22.6 Å². The van der Waals surface area contributed by atoms with E-state index in [-0.39, 0.29) is 37.9 Å². The Kier molecular flexibility index (Phi) is 10.8. The van der Waals surface area contributed by atoms with Crippen LogP contribution in [0.2, 0.25) is 0 Å². The number of rotatable bonds is 11. The van der Waals surface area contributed by atoms with Gasteiger partial charge in [0.05, 0.1) is 23.3 Å². The molecule has 0 heterocycles. The molecule has 220 valence electrons. The number of amides is 2. The van der Waals surface area contributed by atoms with Gasteiger partial charge in [0.1, 0.15) is 18.5 Å². The molecule has 2 amide bonds. The van der Waals surface area contributed by atoms with E-state index in [9.17, 15) is 24.6 Å². The molecule has 2 aliphatic rings. The van der Waals surface area contributed by atoms with Gasteiger partial charge in [0.2, 0.25) is 11.8 Å². The molecule has 1 fully saturated rings. The molecule has 9 nitrogen and oxygen atoms in total. The molecule has 3 N–H and O–H groups in total. The zero-order valence-electron chi connectivity index (χ0n) is 23.3. The van der Waals surface area contributed by atoms with Crippen LogP contribution in [-0.2, 0) is 16.1 Å². The predicted molar refractivity (Wildman–Crippen MR) is 162 cm³/mol. The standard InChI is InChI=1S/C31H37IN2O7/c1-19-7-9-20(10-8-19)17-34(31(39)22-5-3-4-6-22)25-15-23(30(38)33-11-12-35)16-26(28(25)37)41-29-24(32)13-21(18-36)14-27(29)40-2/h7-10,13-14,16,18,22,25-26,28,35,37H,3-6,11-12,15,17H2,1-2H3,(H,33,38)/t25-,26+,28+/m1/s1. The van der Waals surface area contributed by atoms with Crippen molar-refractivity contribution < 1.29 is 34.1 Å². The number of aliphatic hydroxyl groups is 2. The summed E-state index contributed by atoms with van der Waals surface area (Å²) in [4.78, 5) is 40.2. The molecule has 0 bridgehead atoms. The molecule has 3 atom stereocenters. The van der Waals surface area contributed by atoms with Crippen LogP contribution in [-0.4, -0.2) is 71.7 Å². The Morgan fingerprint density at radius 3 is 2.51 bits per heavy atom. The summed E-state index contributed by atoms with van der Waals surface area (Å²) in [7, 11) is 1.46. The molecular weight excluding hydrogens is 639 g/mol. The summed E-state index contributed by atoms with van der Waals surface area (Å²) >= 11 is 2.03. The third kappa shape index (κ3) is 7.47. The first kappa shape index (κ1) is 31.0. The lowest BCUT2D eigenvalue weighted by atomic mass is 9.87. The first-order valence-corrected chi connectivity index (χ1v) is 15.0. The molecule has 2 aliphatic carbocycles. The maximum absolute atomic E-state index is 14.0. The molecule has 0 spiro atoms. The number of methoxy groups -OCH3 is 1. The third-order valence-corrected chi connectivity index (χ3v) is 8.52. The molecule has 0 aromatic heterocycles. The second kappa shape index (κ2) is 14.3. The molecule has 41 heavy (non-hydrogen) atoms. The van der Waals surface area contributed by atoms with E-state index in [0.717, 1.165) is 36.8 Å². The van der Waals surface area contributed by atoms with Gasteiger partial charge in [-0.2, -0.15) is 0 Å². The minimum atomic E-state index is -1.16. The van der Waals surface area contributed by atoms with Gasteiger partial charge >= 0.3 is 0 Å². The van der Waals surface area contributed by atoms with Crippen LogP contribution in [0.5, 0.6) is 11.5 Å². The van der Waals surface area contributed by atoms with Gasteiger partial charge in [-0.15, -0.1) is 0 Å². The van der Waals surface area contributed by atoms with Crippen LogP contribution in [0, 0.1) is 16.4 Å². The minimum Gasteiger partial charge on any atom is -0.493 e. The van der Waals surface area contributed by atoms with Crippen molar-refractivity contribution in [2.24, 2.45) is 5.92 Å². The highest BCUT2D eigenvalue weighted by Gasteiger charge is 2.42. The Balaban J connectivity index is 1.73. The SMILES string of the molecule is COc1cc(C=O)cc(I)c1O[C@H]1C=C(C(=O)NCCO)C[C@@H](N(Cc2ccc(C)cc2)C(=O)C2CCCC2)[C@@H]1O. The molecule has 4 rings (SSSR count). The van der Waals surface area contributed by atoms with Gasteiger partial charge < -0.3 is 29.9 Å². The van der Waals surface area contributed by atoms with Crippen molar-refractivity contribution in [3.05, 3.63) is 68.3 Å². The molecular formula is C31H37IN2O7. The maximum Gasteiger partial charge on any atom is 0.247 e. The maximum atomic E-state index is 14.0. The normalized spacial score (nSPS) is 20.7. The van der Waals surface area contributed by atoms with Crippen molar-refractivity contribution >= 4 is 40.7 Å². The van der Waals surface area contributed by atoms with Gasteiger partial charge in [0, 0.05) is 36.6 Å². The van der Waals surface area contributed by atoms with Crippen LogP contribution < -0.4 is 14.8 Å². The molecule has 1 saturated carbocycles. The number of nitrogens with zero attached hydrogens (tertiary/aromatic N) is 1. The van der Waals surface area contributed by atoms with E-state index in [1.54, 1.807) is 23.1 Å². The van der Waals surface area contributed by atoms with Gasteiger partial charge in [0.25, 0.3) is 0 Å². The highest BCUT2D eigenvalue weighted by atomic mass is 127. The number of carbonyl (C=O) groups excluding carboxylic acids is 3. The fourth-order valence-corrected chi connectivity index (χ4v) is 6.25. The van der Waals surface area contributed by atoms with E-state index >= 15 is 0 Å². The average Bonchev–Trinajstić information content (AvgIpc) is 3.52. The third-order valence-electron chi connectivity index (χ3n) is 7.72. The van der Waals surface area contributed by atoms with E-state index in [1.807, 2.05) is 53.8 Å². The Bertz CT molecular complexity index is 1270. The summed E-state index contributed by atoms with van der Waals surface area (Å²) in [5, 5.41) is 23.7. The second-order valence-electron chi connectivity index (χ2n) is 10.6. The summed E-state index contributed by atoms with van der Waals surface area (Å²) in [5.41, 5.74) is 2.79. The van der Waals surface area contributed by atoms with Crippen molar-refractivity contribution in [3.63, 3.8) is 0 Å². The highest BCUT2D eigenvalue weighted by Crippen LogP contribution is 2.38. The Morgan fingerprint density at radius 2 is 1.88 bits per heavy atom. The van der Waals surface area contributed by atoms with E-state index in [2.05, 4.69) is 5.32 Å². The van der Waals surface area contributed by atoms with E-state index < -0.39 is 24.2 Å². The lowest BCUT2D eigenvalue weighted by Crippen LogP contribution is -2.55. The Hall–Kier alpha value is -2.96. The lowest BCUT2D eigenvalue weighted by molar-refractivity contribution is -0.143. The molecule has 0 saturated heterocycles. The molecule has 0 radical (unpaired) electrons. The topological polar surface area (TPSA) is 125 Å². The molecule has 10 heteroatoms. The quantitative estimate of drug-likeness (QED) is 0.246. The largest absolute Gasteiger partial charge is 0.493 e. The van der Waals surface area contributed by atoms with Gasteiger partial charge in [-0.25, -0.2) is 0 Å². The zero-order chi connectivity index (χ0) is 29.5. The summed E-state index contributed by atoms with van der Waals surface area (Å²) in [5.74, 6) is 0.0616. The number of nitrogens with one attached hydrogen (secondary N) is 1. The van der Waals surface area contributed by atoms with E-state index in [4.69, 9.17) is 9.47 Å². The number of hydrogen-bond acceptors (Lipinski definition) is 7. The Labute approximate surface area is 254 Å². The number of carbonyl (C=O) groups is 3. The van der Waals surface area contributed by atoms with Crippen LogP contribution in [0.1, 0.15) is 53.6 Å². The van der Waals surface area contributed by atoms with Crippen molar-refractivity contribution in [3.8, 4) is 11.5 Å². The summed E-state index contributed by atoms with van der Waals surface area (Å²) in [6.07, 6.45) is 3.81. The smallest absolute Gasteiger partial charge is 0.247 e. The van der Waals surface area contributed by atoms with Gasteiger partial charge in [-0.3, -0.25) is 14.4 Å². The van der Waals surface area contributed by atoms with Crippen LogP contribution in [0.4, 0.5) is 0 Å². The number of ether oxygens (including phenoxy) is 2. The number of hydrogen-bond donors (Lipinski definition) is 3. The first-order valence-electron chi connectivity index (χ1n) is 13.9. The van der Waals surface area contributed by atoms with Crippen molar-refractivity contribution in [2.45, 2.75) is 63.8 Å². The number of benzene rings is 2. The van der Waals surface area contributed by atoms with Crippen LogP contribution in [0.15, 0.2) is 48.0 Å². The minimum absolute atomic E-state index is 0.0367. The molecule has 2 aromatic carbocycles. The highest BCUT2D eigenvalue weighted by molar-refractivity contribution is 14.1. The second-order valence-corrected chi connectivity index (χ2v) is 11.8. The van der Waals surface area contributed by atoms with Crippen molar-refractivity contribution in [1.82, 2.24) is 10.2 Å². The van der Waals surface area contributed by atoms with E-state index in [1.165, 1.54) is 7.11 Å². The number of aryl methyl sites for hydroxylation is 1. The summed E-state index contributed by atoms with van der Waals surface area (Å²) < 4.78 is 12.4. The summed E-state index contributed by atoms with van der Waals surface area (Å²) in [6.45, 7) is 2.13. The van der Waals surface area contributed by atoms with E-state index in [0.29, 0.717) is 32.5 Å². The number of aliphatic hydroxyl groups excluding tert-OH is 2. The monoisotopic (exact) mass is 676 g/mol. The molecule has 0 unspecified atom stereocenters. The van der Waals surface area contributed by atoms with Gasteiger partial charge in [0.15, 0.2) is 11.5 Å². The molecule has 2 aromatic rings. The summed E-state index contributed by atoms with van der Waals surface area (Å²) in [6, 6.07) is 10.4. The predicted octanol–water partition coefficient (Wildman–Crippen LogP) is 3.56. The van der Waals surface area contributed by atoms with Crippen LogP contribution in [0.25, 0.3) is 0 Å². The van der Waals surface area contributed by atoms with Crippen molar-refractivity contribution in [2.75, 3.05) is 20.3 Å². The van der Waals surface area contributed by atoms with Crippen LogP contribution in [0.3, 0.4) is 0 Å². The fourth-order valence-electron chi connectivity index (χ4n) is 5.49. The van der Waals surface area contributed by atoms with Crippen molar-refractivity contribution in [1.29, 1.82) is 0 Å². The first-order chi connectivity index (χ1) is 19.7. The van der Waals surface area contributed by atoms with Gasteiger partial charge in [-0.1, -0.05) is 42.7 Å².